The second-order valence-electron chi connectivity index (χ2n) is 8.27. The first-order chi connectivity index (χ1) is 12.7. The van der Waals surface area contributed by atoms with Crippen molar-refractivity contribution in [3.8, 4) is 0 Å². The Labute approximate surface area is 166 Å². The average molecular weight is 392 g/mol. The van der Waals surface area contributed by atoms with Crippen LogP contribution in [-0.4, -0.2) is 45.7 Å². The van der Waals surface area contributed by atoms with E-state index in [1.54, 1.807) is 29.2 Å². The van der Waals surface area contributed by atoms with Crippen LogP contribution in [0.25, 0.3) is 0 Å². The van der Waals surface area contributed by atoms with Gasteiger partial charge in [0, 0.05) is 24.2 Å². The number of thiocarbonyl (C=S) groups is 1. The molecule has 1 aliphatic rings. The average Bonchev–Trinajstić information content (AvgIpc) is 2.60. The minimum Gasteiger partial charge on any atom is -0.465 e. The summed E-state index contributed by atoms with van der Waals surface area (Å²) in [7, 11) is 0. The van der Waals surface area contributed by atoms with E-state index >= 15 is 0 Å². The van der Waals surface area contributed by atoms with Crippen molar-refractivity contribution in [3.05, 3.63) is 35.9 Å². The molecular formula is C20H29N3O3S. The van der Waals surface area contributed by atoms with Gasteiger partial charge in [-0.2, -0.15) is 0 Å². The van der Waals surface area contributed by atoms with Gasteiger partial charge in [0.05, 0.1) is 0 Å². The number of carbonyl (C=O) groups is 2. The molecule has 1 aromatic carbocycles. The summed E-state index contributed by atoms with van der Waals surface area (Å²) in [6.45, 7) is 6.66. The van der Waals surface area contributed by atoms with Crippen molar-refractivity contribution in [1.29, 1.82) is 0 Å². The lowest BCUT2D eigenvalue weighted by Gasteiger charge is -2.38. The summed E-state index contributed by atoms with van der Waals surface area (Å²) in [5.74, 6) is -0.232. The molecule has 0 unspecified atom stereocenters. The van der Waals surface area contributed by atoms with E-state index in [0.29, 0.717) is 17.2 Å². The molecule has 0 saturated heterocycles. The van der Waals surface area contributed by atoms with Crippen LogP contribution in [0, 0.1) is 5.41 Å². The molecule has 2 amide bonds. The summed E-state index contributed by atoms with van der Waals surface area (Å²) < 4.78 is 0. The zero-order valence-electron chi connectivity index (χ0n) is 16.2. The van der Waals surface area contributed by atoms with Crippen molar-refractivity contribution in [1.82, 2.24) is 15.5 Å². The second kappa shape index (κ2) is 9.17. The molecule has 1 aromatic rings. The molecule has 6 nitrogen and oxygen atoms in total. The molecule has 3 N–H and O–H groups in total. The van der Waals surface area contributed by atoms with Gasteiger partial charge in [-0.25, -0.2) is 4.79 Å². The summed E-state index contributed by atoms with van der Waals surface area (Å²) >= 11 is 5.26. The number of rotatable bonds is 4. The van der Waals surface area contributed by atoms with Gasteiger partial charge < -0.3 is 15.3 Å². The van der Waals surface area contributed by atoms with Crippen LogP contribution in [0.15, 0.2) is 30.3 Å². The number of hydrogen-bond donors (Lipinski definition) is 3. The van der Waals surface area contributed by atoms with Crippen molar-refractivity contribution in [2.75, 3.05) is 6.54 Å². The highest BCUT2D eigenvalue weighted by atomic mass is 32.1. The number of carboxylic acid groups (broad SMARTS) is 1. The van der Waals surface area contributed by atoms with Crippen LogP contribution in [0.4, 0.5) is 4.79 Å². The lowest BCUT2D eigenvalue weighted by molar-refractivity contribution is 0.0856. The number of nitrogens with zero attached hydrogens (tertiary/aromatic N) is 1. The van der Waals surface area contributed by atoms with Gasteiger partial charge in [0.1, 0.15) is 0 Å². The van der Waals surface area contributed by atoms with E-state index in [1.165, 1.54) is 0 Å². The van der Waals surface area contributed by atoms with E-state index in [-0.39, 0.29) is 23.4 Å². The third-order valence-corrected chi connectivity index (χ3v) is 4.85. The first kappa shape index (κ1) is 21.2. The van der Waals surface area contributed by atoms with Gasteiger partial charge in [-0.1, -0.05) is 39.0 Å². The van der Waals surface area contributed by atoms with Crippen LogP contribution in [0.2, 0.25) is 0 Å². The van der Waals surface area contributed by atoms with E-state index in [9.17, 15) is 14.7 Å². The van der Waals surface area contributed by atoms with Gasteiger partial charge >= 0.3 is 6.09 Å². The van der Waals surface area contributed by atoms with Gasteiger partial charge in [0.2, 0.25) is 0 Å². The van der Waals surface area contributed by atoms with Crippen molar-refractivity contribution < 1.29 is 14.7 Å². The summed E-state index contributed by atoms with van der Waals surface area (Å²) in [6, 6.07) is 9.11. The fourth-order valence-corrected chi connectivity index (χ4v) is 3.64. The quantitative estimate of drug-likeness (QED) is 0.683. The van der Waals surface area contributed by atoms with Gasteiger partial charge in [-0.05, 0) is 55.4 Å². The van der Waals surface area contributed by atoms with Crippen molar-refractivity contribution in [3.63, 3.8) is 0 Å². The molecule has 0 radical (unpaired) electrons. The fourth-order valence-electron chi connectivity index (χ4n) is 3.38. The topological polar surface area (TPSA) is 81.7 Å². The molecule has 0 heterocycles. The van der Waals surface area contributed by atoms with E-state index in [4.69, 9.17) is 12.2 Å². The third kappa shape index (κ3) is 6.82. The molecule has 0 atom stereocenters. The normalized spacial score (nSPS) is 19.8. The summed E-state index contributed by atoms with van der Waals surface area (Å²) in [4.78, 5) is 25.3. The molecule has 0 aromatic heterocycles. The summed E-state index contributed by atoms with van der Waals surface area (Å²) in [5, 5.41) is 15.8. The van der Waals surface area contributed by atoms with Crippen LogP contribution in [0.5, 0.6) is 0 Å². The molecule has 0 bridgehead atoms. The van der Waals surface area contributed by atoms with Crippen molar-refractivity contribution >= 4 is 29.3 Å². The van der Waals surface area contributed by atoms with E-state index < -0.39 is 6.09 Å². The predicted molar refractivity (Wildman–Crippen MR) is 110 cm³/mol. The molecular weight excluding hydrogens is 362 g/mol. The van der Waals surface area contributed by atoms with E-state index in [1.807, 2.05) is 26.8 Å². The molecule has 1 fully saturated rings. The maximum absolute atomic E-state index is 12.1. The van der Waals surface area contributed by atoms with E-state index in [2.05, 4.69) is 10.6 Å². The maximum atomic E-state index is 12.1. The number of hydrogen-bond acceptors (Lipinski definition) is 3. The molecule has 0 spiro atoms. The van der Waals surface area contributed by atoms with Crippen LogP contribution < -0.4 is 10.6 Å². The number of nitrogens with one attached hydrogen (secondary N) is 2. The molecule has 1 saturated carbocycles. The number of carbonyl (C=O) groups excluding carboxylic acids is 1. The van der Waals surface area contributed by atoms with Gasteiger partial charge in [0.15, 0.2) is 5.11 Å². The van der Waals surface area contributed by atoms with E-state index in [0.717, 1.165) is 25.7 Å². The molecule has 1 aliphatic carbocycles. The summed E-state index contributed by atoms with van der Waals surface area (Å²) in [6.07, 6.45) is 2.36. The third-order valence-electron chi connectivity index (χ3n) is 4.63. The Morgan fingerprint density at radius 3 is 2.26 bits per heavy atom. The highest BCUT2D eigenvalue weighted by molar-refractivity contribution is 7.80. The van der Waals surface area contributed by atoms with Crippen LogP contribution >= 0.6 is 12.2 Å². The Morgan fingerprint density at radius 2 is 1.74 bits per heavy atom. The zero-order chi connectivity index (χ0) is 20.0. The second-order valence-corrected chi connectivity index (χ2v) is 8.68. The Hall–Kier alpha value is -2.15. The summed E-state index contributed by atoms with van der Waals surface area (Å²) in [5.41, 5.74) is 0.487. The van der Waals surface area contributed by atoms with Crippen LogP contribution in [0.1, 0.15) is 56.8 Å². The van der Waals surface area contributed by atoms with Crippen LogP contribution in [-0.2, 0) is 0 Å². The maximum Gasteiger partial charge on any atom is 0.407 e. The molecule has 27 heavy (non-hydrogen) atoms. The molecule has 2 rings (SSSR count). The van der Waals surface area contributed by atoms with Crippen LogP contribution in [0.3, 0.4) is 0 Å². The predicted octanol–water partition coefficient (Wildman–Crippen LogP) is 3.63. The lowest BCUT2D eigenvalue weighted by Crippen LogP contribution is -2.50. The first-order valence-corrected chi connectivity index (χ1v) is 9.73. The largest absolute Gasteiger partial charge is 0.465 e. The SMILES string of the molecule is CC(C)(C)CN(C(=O)O)[C@H]1CC[C@H](NC(=S)NC(=O)c2ccccc2)CC1. The molecule has 148 valence electrons. The first-order valence-electron chi connectivity index (χ1n) is 9.32. The zero-order valence-corrected chi connectivity index (χ0v) is 17.0. The Balaban J connectivity index is 1.82. The Morgan fingerprint density at radius 1 is 1.15 bits per heavy atom. The van der Waals surface area contributed by atoms with Gasteiger partial charge in [0.25, 0.3) is 5.91 Å². The minimum absolute atomic E-state index is 0.0345. The number of benzene rings is 1. The van der Waals surface area contributed by atoms with Gasteiger partial charge in [-0.15, -0.1) is 0 Å². The lowest BCUT2D eigenvalue weighted by atomic mass is 9.88. The smallest absolute Gasteiger partial charge is 0.407 e. The minimum atomic E-state index is -0.855. The Bertz CT molecular complexity index is 665. The number of amides is 2. The molecule has 7 heteroatoms. The Kier molecular flexibility index (Phi) is 7.18. The fraction of sp³-hybridized carbons (Fsp3) is 0.550. The van der Waals surface area contributed by atoms with Crippen molar-refractivity contribution in [2.24, 2.45) is 5.41 Å². The highest BCUT2D eigenvalue weighted by Gasteiger charge is 2.31. The van der Waals surface area contributed by atoms with Crippen molar-refractivity contribution in [2.45, 2.75) is 58.5 Å². The highest BCUT2D eigenvalue weighted by Crippen LogP contribution is 2.26. The standard InChI is InChI=1S/C20H29N3O3S/c1-20(2,3)13-23(19(25)26)16-11-9-15(10-12-16)21-18(27)22-17(24)14-7-5-4-6-8-14/h4-8,15-16H,9-13H2,1-3H3,(H,25,26)(H2,21,22,24,27)/t15-,16-. The molecule has 0 aliphatic heterocycles. The monoisotopic (exact) mass is 391 g/mol. The van der Waals surface area contributed by atoms with Gasteiger partial charge in [-0.3, -0.25) is 10.1 Å².